The maximum absolute atomic E-state index is 12.9. The fraction of sp³-hybridized carbons (Fsp3) is 0.440. The molecule has 1 aliphatic rings. The van der Waals surface area contributed by atoms with E-state index < -0.39 is 12.2 Å². The SMILES string of the molecule is COc1ccccc1C(=O)NCC1(c2ccccc2)CCC(OC(=O)NC[C@H](C)O)CC1. The Morgan fingerprint density at radius 1 is 1.06 bits per heavy atom. The first-order valence-electron chi connectivity index (χ1n) is 11.0. The van der Waals surface area contributed by atoms with Crippen molar-refractivity contribution in [3.63, 3.8) is 0 Å². The number of carbonyl (C=O) groups is 2. The quantitative estimate of drug-likeness (QED) is 0.585. The highest BCUT2D eigenvalue weighted by molar-refractivity contribution is 5.96. The summed E-state index contributed by atoms with van der Waals surface area (Å²) in [7, 11) is 1.55. The van der Waals surface area contributed by atoms with Gasteiger partial charge in [-0.05, 0) is 50.3 Å². The predicted molar refractivity (Wildman–Crippen MR) is 122 cm³/mol. The largest absolute Gasteiger partial charge is 0.496 e. The van der Waals surface area contributed by atoms with Crippen LogP contribution in [0.5, 0.6) is 5.75 Å². The number of aliphatic hydroxyl groups is 1. The number of alkyl carbamates (subject to hydrolysis) is 1. The molecule has 32 heavy (non-hydrogen) atoms. The number of amides is 2. The second-order valence-electron chi connectivity index (χ2n) is 8.36. The summed E-state index contributed by atoms with van der Waals surface area (Å²) in [5.41, 5.74) is 1.43. The Morgan fingerprint density at radius 2 is 1.72 bits per heavy atom. The molecule has 0 aliphatic heterocycles. The molecule has 0 bridgehead atoms. The minimum absolute atomic E-state index is 0.161. The van der Waals surface area contributed by atoms with Gasteiger partial charge in [0, 0.05) is 18.5 Å². The molecule has 0 radical (unpaired) electrons. The van der Waals surface area contributed by atoms with Crippen LogP contribution in [0.15, 0.2) is 54.6 Å². The highest BCUT2D eigenvalue weighted by Gasteiger charge is 2.38. The van der Waals surface area contributed by atoms with E-state index in [2.05, 4.69) is 22.8 Å². The van der Waals surface area contributed by atoms with Gasteiger partial charge in [-0.15, -0.1) is 0 Å². The van der Waals surface area contributed by atoms with E-state index in [9.17, 15) is 14.7 Å². The molecule has 3 rings (SSSR count). The van der Waals surface area contributed by atoms with Crippen LogP contribution in [0.25, 0.3) is 0 Å². The van der Waals surface area contributed by atoms with Gasteiger partial charge in [0.25, 0.3) is 5.91 Å². The highest BCUT2D eigenvalue weighted by Crippen LogP contribution is 2.40. The van der Waals surface area contributed by atoms with Gasteiger partial charge in [-0.25, -0.2) is 4.79 Å². The summed E-state index contributed by atoms with van der Waals surface area (Å²) in [5.74, 6) is 0.368. The zero-order valence-corrected chi connectivity index (χ0v) is 18.7. The van der Waals surface area contributed by atoms with Crippen LogP contribution in [-0.2, 0) is 10.2 Å². The van der Waals surface area contributed by atoms with Crippen molar-refractivity contribution in [2.45, 2.75) is 50.2 Å². The molecule has 172 valence electrons. The fourth-order valence-electron chi connectivity index (χ4n) is 4.22. The van der Waals surface area contributed by atoms with E-state index in [1.54, 1.807) is 26.2 Å². The molecule has 1 saturated carbocycles. The molecule has 1 aliphatic carbocycles. The zero-order valence-electron chi connectivity index (χ0n) is 18.7. The lowest BCUT2D eigenvalue weighted by Gasteiger charge is -2.40. The van der Waals surface area contributed by atoms with E-state index in [-0.39, 0.29) is 24.0 Å². The first-order valence-corrected chi connectivity index (χ1v) is 11.0. The van der Waals surface area contributed by atoms with E-state index in [1.165, 1.54) is 0 Å². The molecule has 1 fully saturated rings. The van der Waals surface area contributed by atoms with E-state index in [0.29, 0.717) is 30.7 Å². The third kappa shape index (κ3) is 6.01. The average Bonchev–Trinajstić information content (AvgIpc) is 2.82. The van der Waals surface area contributed by atoms with Gasteiger partial charge in [-0.1, -0.05) is 42.5 Å². The number of rotatable bonds is 8. The predicted octanol–water partition coefficient (Wildman–Crippen LogP) is 3.41. The van der Waals surface area contributed by atoms with E-state index in [0.717, 1.165) is 18.4 Å². The summed E-state index contributed by atoms with van der Waals surface area (Å²) in [6.45, 7) is 2.25. The van der Waals surface area contributed by atoms with Crippen LogP contribution in [0.1, 0.15) is 48.5 Å². The maximum Gasteiger partial charge on any atom is 0.407 e. The van der Waals surface area contributed by atoms with Crippen molar-refractivity contribution in [1.82, 2.24) is 10.6 Å². The van der Waals surface area contributed by atoms with Crippen LogP contribution in [-0.4, -0.2) is 49.5 Å². The number of carbonyl (C=O) groups excluding carboxylic acids is 2. The first-order chi connectivity index (χ1) is 15.4. The Balaban J connectivity index is 1.67. The molecule has 0 heterocycles. The molecule has 1 atom stereocenters. The molecule has 0 spiro atoms. The fourth-order valence-corrected chi connectivity index (χ4v) is 4.22. The molecule has 0 aromatic heterocycles. The van der Waals surface area contributed by atoms with E-state index >= 15 is 0 Å². The number of aliphatic hydroxyl groups excluding tert-OH is 1. The number of nitrogens with one attached hydrogen (secondary N) is 2. The number of hydrogen-bond acceptors (Lipinski definition) is 5. The Kier molecular flexibility index (Phi) is 8.11. The van der Waals surface area contributed by atoms with Gasteiger partial charge in [0.1, 0.15) is 11.9 Å². The van der Waals surface area contributed by atoms with E-state index in [4.69, 9.17) is 9.47 Å². The molecule has 0 saturated heterocycles. The topological polar surface area (TPSA) is 96.9 Å². The van der Waals surface area contributed by atoms with Gasteiger partial charge in [-0.2, -0.15) is 0 Å². The van der Waals surface area contributed by atoms with Crippen LogP contribution in [0, 0.1) is 0 Å². The first kappa shape index (κ1) is 23.6. The molecule has 3 N–H and O–H groups in total. The van der Waals surface area contributed by atoms with Gasteiger partial charge in [0.2, 0.25) is 0 Å². The van der Waals surface area contributed by atoms with Crippen molar-refractivity contribution >= 4 is 12.0 Å². The second kappa shape index (κ2) is 11.0. The third-order valence-electron chi connectivity index (χ3n) is 6.03. The molecule has 2 aromatic carbocycles. The van der Waals surface area contributed by atoms with Crippen LogP contribution in [0.3, 0.4) is 0 Å². The van der Waals surface area contributed by atoms with Crippen molar-refractivity contribution in [2.75, 3.05) is 20.2 Å². The van der Waals surface area contributed by atoms with Gasteiger partial charge >= 0.3 is 6.09 Å². The van der Waals surface area contributed by atoms with E-state index in [1.807, 2.05) is 30.3 Å². The number of methoxy groups -OCH3 is 1. The second-order valence-corrected chi connectivity index (χ2v) is 8.36. The van der Waals surface area contributed by atoms with Gasteiger partial charge in [-0.3, -0.25) is 4.79 Å². The lowest BCUT2D eigenvalue weighted by Crippen LogP contribution is -2.45. The smallest absolute Gasteiger partial charge is 0.407 e. The van der Waals surface area contributed by atoms with Gasteiger partial charge < -0.3 is 25.2 Å². The van der Waals surface area contributed by atoms with Crippen molar-refractivity contribution in [3.05, 3.63) is 65.7 Å². The Bertz CT molecular complexity index is 892. The van der Waals surface area contributed by atoms with Gasteiger partial charge in [0.05, 0.1) is 18.8 Å². The lowest BCUT2D eigenvalue weighted by molar-refractivity contribution is 0.0540. The number of benzene rings is 2. The average molecular weight is 441 g/mol. The maximum atomic E-state index is 12.9. The van der Waals surface area contributed by atoms with Crippen molar-refractivity contribution in [2.24, 2.45) is 0 Å². The van der Waals surface area contributed by atoms with Crippen molar-refractivity contribution in [1.29, 1.82) is 0 Å². The third-order valence-corrected chi connectivity index (χ3v) is 6.03. The van der Waals surface area contributed by atoms with Crippen LogP contribution < -0.4 is 15.4 Å². The molecular formula is C25H32N2O5. The highest BCUT2D eigenvalue weighted by atomic mass is 16.6. The normalized spacial score (nSPS) is 21.3. The minimum Gasteiger partial charge on any atom is -0.496 e. The van der Waals surface area contributed by atoms with Crippen LogP contribution in [0.4, 0.5) is 4.79 Å². The molecule has 7 nitrogen and oxygen atoms in total. The molecule has 0 unspecified atom stereocenters. The summed E-state index contributed by atoms with van der Waals surface area (Å²) < 4.78 is 10.9. The van der Waals surface area contributed by atoms with Crippen molar-refractivity contribution in [3.8, 4) is 5.75 Å². The Labute approximate surface area is 189 Å². The molecule has 2 amide bonds. The van der Waals surface area contributed by atoms with Crippen molar-refractivity contribution < 1.29 is 24.2 Å². The van der Waals surface area contributed by atoms with Gasteiger partial charge in [0.15, 0.2) is 0 Å². The summed E-state index contributed by atoms with van der Waals surface area (Å²) >= 11 is 0. The summed E-state index contributed by atoms with van der Waals surface area (Å²) in [6, 6.07) is 17.3. The molecule has 2 aromatic rings. The number of hydrogen-bond donors (Lipinski definition) is 3. The molecule has 7 heteroatoms. The molecular weight excluding hydrogens is 408 g/mol. The standard InChI is InChI=1S/C25H32N2O5/c1-18(28)16-26-24(30)32-20-12-14-25(15-13-20,19-8-4-3-5-9-19)17-27-23(29)21-10-6-7-11-22(21)31-2/h3-11,18,20,28H,12-17H2,1-2H3,(H,26,30)(H,27,29)/t18-,20?,25?/m0/s1. The zero-order chi connectivity index (χ0) is 23.0. The Morgan fingerprint density at radius 3 is 2.38 bits per heavy atom. The summed E-state index contributed by atoms with van der Waals surface area (Å²) in [6.07, 6.45) is 1.63. The monoisotopic (exact) mass is 440 g/mol. The summed E-state index contributed by atoms with van der Waals surface area (Å²) in [5, 5.41) is 15.0. The lowest BCUT2D eigenvalue weighted by atomic mass is 9.68. The van der Waals surface area contributed by atoms with Crippen LogP contribution >= 0.6 is 0 Å². The van der Waals surface area contributed by atoms with Crippen LogP contribution in [0.2, 0.25) is 0 Å². The number of para-hydroxylation sites is 1. The summed E-state index contributed by atoms with van der Waals surface area (Å²) in [4.78, 5) is 24.9. The number of ether oxygens (including phenoxy) is 2. The minimum atomic E-state index is -0.619. The Hall–Kier alpha value is -3.06.